The lowest BCUT2D eigenvalue weighted by molar-refractivity contribution is -0.145. The summed E-state index contributed by atoms with van der Waals surface area (Å²) in [4.78, 5) is 30.9. The third kappa shape index (κ3) is 3.95. The zero-order valence-electron chi connectivity index (χ0n) is 13.5. The van der Waals surface area contributed by atoms with Crippen molar-refractivity contribution in [1.82, 2.24) is 9.97 Å². The van der Waals surface area contributed by atoms with Gasteiger partial charge in [-0.05, 0) is 31.9 Å². The van der Waals surface area contributed by atoms with Crippen molar-refractivity contribution in [2.24, 2.45) is 0 Å². The number of aromatic nitrogens is 2. The highest BCUT2D eigenvalue weighted by Crippen LogP contribution is 2.34. The molecule has 2 aromatic rings. The summed E-state index contributed by atoms with van der Waals surface area (Å²) in [5.74, 6) is -3.57. The van der Waals surface area contributed by atoms with Crippen LogP contribution in [0.2, 0.25) is 0 Å². The summed E-state index contributed by atoms with van der Waals surface area (Å²) < 4.78 is 38.3. The van der Waals surface area contributed by atoms with Crippen LogP contribution in [0, 0.1) is 13.8 Å². The van der Waals surface area contributed by atoms with Crippen LogP contribution >= 0.6 is 11.3 Å². The Morgan fingerprint density at radius 1 is 1.28 bits per heavy atom. The molecule has 0 bridgehead atoms. The maximum Gasteiger partial charge on any atom is 0.451 e. The second-order valence-corrected chi connectivity index (χ2v) is 6.39. The highest BCUT2D eigenvalue weighted by atomic mass is 32.1. The monoisotopic (exact) mass is 373 g/mol. The van der Waals surface area contributed by atoms with Crippen molar-refractivity contribution in [3.8, 4) is 0 Å². The molecule has 0 aliphatic carbocycles. The smallest absolute Gasteiger partial charge is 0.451 e. The van der Waals surface area contributed by atoms with E-state index in [1.807, 2.05) is 0 Å². The number of anilines is 1. The number of aryl methyl sites for hydroxylation is 2. The van der Waals surface area contributed by atoms with Crippen LogP contribution in [0.25, 0.3) is 0 Å². The molecule has 0 unspecified atom stereocenters. The van der Waals surface area contributed by atoms with Gasteiger partial charge in [0.25, 0.3) is 5.91 Å². The summed E-state index contributed by atoms with van der Waals surface area (Å²) >= 11 is 1.05. The van der Waals surface area contributed by atoms with Gasteiger partial charge in [-0.2, -0.15) is 13.2 Å². The number of hydrogen-bond donors (Lipinski definition) is 2. The van der Waals surface area contributed by atoms with E-state index < -0.39 is 29.6 Å². The number of carboxylic acid groups (broad SMARTS) is 1. The number of aromatic carboxylic acids is 1. The molecular weight excluding hydrogens is 359 g/mol. The van der Waals surface area contributed by atoms with Crippen LogP contribution in [0.5, 0.6) is 0 Å². The lowest BCUT2D eigenvalue weighted by atomic mass is 10.1. The highest BCUT2D eigenvalue weighted by molar-refractivity contribution is 7.16. The first-order valence-electron chi connectivity index (χ1n) is 7.14. The van der Waals surface area contributed by atoms with Gasteiger partial charge in [-0.1, -0.05) is 6.92 Å². The Bertz CT molecular complexity index is 847. The molecule has 2 N–H and O–H groups in total. The van der Waals surface area contributed by atoms with Crippen molar-refractivity contribution >= 4 is 28.2 Å². The van der Waals surface area contributed by atoms with Gasteiger partial charge in [0.05, 0.1) is 5.56 Å². The quantitative estimate of drug-likeness (QED) is 0.853. The molecule has 6 nitrogen and oxygen atoms in total. The van der Waals surface area contributed by atoms with E-state index in [1.54, 1.807) is 13.8 Å². The fraction of sp³-hybridized carbons (Fsp3) is 0.333. The molecule has 2 rings (SSSR count). The van der Waals surface area contributed by atoms with Crippen LogP contribution in [-0.4, -0.2) is 27.0 Å². The topological polar surface area (TPSA) is 92.2 Å². The molecule has 10 heteroatoms. The number of alkyl halides is 3. The number of thiophene rings is 1. The van der Waals surface area contributed by atoms with Crippen molar-refractivity contribution < 1.29 is 27.9 Å². The van der Waals surface area contributed by atoms with Crippen LogP contribution in [-0.2, 0) is 12.6 Å². The predicted molar refractivity (Wildman–Crippen MR) is 85.1 cm³/mol. The number of hydrogen-bond acceptors (Lipinski definition) is 5. The minimum atomic E-state index is -4.79. The first-order valence-corrected chi connectivity index (χ1v) is 7.96. The zero-order valence-corrected chi connectivity index (χ0v) is 14.3. The number of halogens is 3. The van der Waals surface area contributed by atoms with E-state index in [1.165, 1.54) is 6.92 Å². The van der Waals surface area contributed by atoms with E-state index in [-0.39, 0.29) is 16.3 Å². The average Bonchev–Trinajstić information content (AvgIpc) is 2.81. The molecule has 0 atom stereocenters. The molecule has 1 amide bonds. The molecule has 0 saturated carbocycles. The summed E-state index contributed by atoms with van der Waals surface area (Å²) in [5.41, 5.74) is 0.00521. The fourth-order valence-electron chi connectivity index (χ4n) is 2.30. The standard InChI is InChI=1S/C15H14F3N3O3S/c1-4-8-7(3)25-12(10(8)13(23)24)21-11(22)9-5-6(2)19-14(20-9)15(16,17)18/h5H,4H2,1-3H3,(H,21,22)(H,23,24). The van der Waals surface area contributed by atoms with Crippen LogP contribution < -0.4 is 5.32 Å². The van der Waals surface area contributed by atoms with E-state index in [0.29, 0.717) is 16.9 Å². The molecule has 0 aliphatic heterocycles. The second kappa shape index (κ2) is 6.79. The first-order chi connectivity index (χ1) is 11.5. The van der Waals surface area contributed by atoms with Gasteiger partial charge in [0.1, 0.15) is 10.7 Å². The van der Waals surface area contributed by atoms with Gasteiger partial charge in [0.15, 0.2) is 0 Å². The Kier molecular flexibility index (Phi) is 5.12. The van der Waals surface area contributed by atoms with Gasteiger partial charge in [0.2, 0.25) is 5.82 Å². The molecule has 134 valence electrons. The number of carbonyl (C=O) groups excluding carboxylic acids is 1. The minimum absolute atomic E-state index is 0.0254. The first kappa shape index (κ1) is 18.8. The normalized spacial score (nSPS) is 11.4. The lowest BCUT2D eigenvalue weighted by Crippen LogP contribution is -2.20. The van der Waals surface area contributed by atoms with E-state index in [0.717, 1.165) is 17.4 Å². The highest BCUT2D eigenvalue weighted by Gasteiger charge is 2.35. The number of amides is 1. The Morgan fingerprint density at radius 2 is 1.92 bits per heavy atom. The zero-order chi connectivity index (χ0) is 18.9. The Hall–Kier alpha value is -2.49. The van der Waals surface area contributed by atoms with Gasteiger partial charge in [-0.25, -0.2) is 14.8 Å². The van der Waals surface area contributed by atoms with E-state index in [4.69, 9.17) is 0 Å². The maximum atomic E-state index is 12.8. The molecule has 2 heterocycles. The van der Waals surface area contributed by atoms with Crippen molar-refractivity contribution in [2.75, 3.05) is 5.32 Å². The number of nitrogens with one attached hydrogen (secondary N) is 1. The molecule has 0 saturated heterocycles. The van der Waals surface area contributed by atoms with E-state index in [2.05, 4.69) is 15.3 Å². The van der Waals surface area contributed by atoms with Crippen LogP contribution in [0.15, 0.2) is 6.07 Å². The van der Waals surface area contributed by atoms with Crippen molar-refractivity contribution in [3.05, 3.63) is 39.3 Å². The van der Waals surface area contributed by atoms with Gasteiger partial charge < -0.3 is 10.4 Å². The summed E-state index contributed by atoms with van der Waals surface area (Å²) in [6.07, 6.45) is -4.34. The largest absolute Gasteiger partial charge is 0.478 e. The summed E-state index contributed by atoms with van der Waals surface area (Å²) in [7, 11) is 0. The van der Waals surface area contributed by atoms with Gasteiger partial charge in [-0.15, -0.1) is 11.3 Å². The Morgan fingerprint density at radius 3 is 2.44 bits per heavy atom. The van der Waals surface area contributed by atoms with Gasteiger partial charge in [0, 0.05) is 10.6 Å². The lowest BCUT2D eigenvalue weighted by Gasteiger charge is -2.09. The van der Waals surface area contributed by atoms with Crippen molar-refractivity contribution in [3.63, 3.8) is 0 Å². The Labute approximate surface area is 144 Å². The molecule has 0 aliphatic rings. The molecule has 25 heavy (non-hydrogen) atoms. The molecular formula is C15H14F3N3O3S. The van der Waals surface area contributed by atoms with Gasteiger partial charge >= 0.3 is 12.1 Å². The summed E-state index contributed by atoms with van der Waals surface area (Å²) in [5, 5.41) is 11.8. The fourth-order valence-corrected chi connectivity index (χ4v) is 3.43. The molecule has 0 spiro atoms. The van der Waals surface area contributed by atoms with Crippen molar-refractivity contribution in [2.45, 2.75) is 33.4 Å². The molecule has 0 radical (unpaired) electrons. The predicted octanol–water partition coefficient (Wildman–Crippen LogP) is 3.69. The average molecular weight is 373 g/mol. The third-order valence-corrected chi connectivity index (χ3v) is 4.41. The second-order valence-electron chi connectivity index (χ2n) is 5.17. The minimum Gasteiger partial charge on any atom is -0.478 e. The Balaban J connectivity index is 2.42. The number of carbonyl (C=O) groups is 2. The van der Waals surface area contributed by atoms with E-state index >= 15 is 0 Å². The SMILES string of the molecule is CCc1c(C)sc(NC(=O)c2cc(C)nc(C(F)(F)F)n2)c1C(=O)O. The van der Waals surface area contributed by atoms with E-state index in [9.17, 15) is 27.9 Å². The number of carboxylic acids is 1. The maximum absolute atomic E-state index is 12.8. The summed E-state index contributed by atoms with van der Waals surface area (Å²) in [6.45, 7) is 4.79. The van der Waals surface area contributed by atoms with Crippen LogP contribution in [0.1, 0.15) is 49.7 Å². The molecule has 0 fully saturated rings. The summed E-state index contributed by atoms with van der Waals surface area (Å²) in [6, 6.07) is 1.10. The molecule has 2 aromatic heterocycles. The number of nitrogens with zero attached hydrogens (tertiary/aromatic N) is 2. The van der Waals surface area contributed by atoms with Crippen LogP contribution in [0.3, 0.4) is 0 Å². The third-order valence-electron chi connectivity index (χ3n) is 3.34. The molecule has 0 aromatic carbocycles. The van der Waals surface area contributed by atoms with Gasteiger partial charge in [-0.3, -0.25) is 4.79 Å². The van der Waals surface area contributed by atoms with Crippen molar-refractivity contribution in [1.29, 1.82) is 0 Å². The van der Waals surface area contributed by atoms with Crippen LogP contribution in [0.4, 0.5) is 18.2 Å². The number of rotatable bonds is 4.